The lowest BCUT2D eigenvalue weighted by molar-refractivity contribution is -0.141. The molecule has 0 aliphatic carbocycles. The van der Waals surface area contributed by atoms with Gasteiger partial charge in [-0.05, 0) is 34.1 Å². The normalized spacial score (nSPS) is 11.8. The number of rotatable bonds is 2. The Hall–Kier alpha value is -0.860. The predicted octanol–water partition coefficient (Wildman–Crippen LogP) is 5.48. The highest BCUT2D eigenvalue weighted by molar-refractivity contribution is 9.11. The first-order chi connectivity index (χ1) is 9.18. The molecule has 0 aliphatic heterocycles. The topological polar surface area (TPSA) is 16.1 Å². The van der Waals surface area contributed by atoms with Crippen LogP contribution in [-0.4, -0.2) is 12.0 Å². The highest BCUT2D eigenvalue weighted by atomic mass is 79.9. The van der Waals surface area contributed by atoms with Gasteiger partial charge in [0.05, 0.1) is 0 Å². The largest absolute Gasteiger partial charge is 0.435 e. The second-order valence-electron chi connectivity index (χ2n) is 3.80. The molecule has 0 spiro atoms. The van der Waals surface area contributed by atoms with Crippen LogP contribution >= 0.6 is 38.9 Å². The lowest BCUT2D eigenvalue weighted by Gasteiger charge is -2.16. The molecule has 2 aromatic rings. The molecule has 2 rings (SSSR count). The Morgan fingerprint density at radius 3 is 2.45 bits per heavy atom. The van der Waals surface area contributed by atoms with Crippen LogP contribution in [0.3, 0.4) is 0 Å². The van der Waals surface area contributed by atoms with Gasteiger partial charge in [0.1, 0.15) is 9.60 Å². The van der Waals surface area contributed by atoms with Gasteiger partial charge < -0.3 is 4.90 Å². The number of hydrogen-bond acceptors (Lipinski definition) is 3. The van der Waals surface area contributed by atoms with E-state index in [2.05, 4.69) is 20.9 Å². The molecule has 20 heavy (non-hydrogen) atoms. The second-order valence-corrected chi connectivity index (χ2v) is 6.54. The van der Waals surface area contributed by atoms with Crippen molar-refractivity contribution in [3.8, 4) is 0 Å². The average Bonchev–Trinajstić information content (AvgIpc) is 2.68. The van der Waals surface area contributed by atoms with Gasteiger partial charge in [-0.3, -0.25) is 0 Å². The van der Waals surface area contributed by atoms with Crippen molar-refractivity contribution in [2.75, 3.05) is 11.9 Å². The average molecular weight is 390 g/mol. The smallest absolute Gasteiger partial charge is 0.321 e. The van der Waals surface area contributed by atoms with Gasteiger partial charge in [-0.15, -0.1) is 0 Å². The van der Waals surface area contributed by atoms with E-state index in [1.54, 1.807) is 0 Å². The summed E-state index contributed by atoms with van der Waals surface area (Å²) in [5, 5.41) is 0.226. The first kappa shape index (κ1) is 15.5. The summed E-state index contributed by atoms with van der Waals surface area (Å²) < 4.78 is 51.1. The molecule has 0 aliphatic rings. The third-order valence-electron chi connectivity index (χ3n) is 2.36. The molecule has 0 unspecified atom stereocenters. The van der Waals surface area contributed by atoms with E-state index in [4.69, 9.17) is 11.6 Å². The lowest BCUT2D eigenvalue weighted by atomic mass is 10.3. The summed E-state index contributed by atoms with van der Waals surface area (Å²) in [6.07, 6.45) is -4.55. The molecular weight excluding hydrogens is 384 g/mol. The van der Waals surface area contributed by atoms with E-state index in [9.17, 15) is 17.6 Å². The van der Waals surface area contributed by atoms with E-state index >= 15 is 0 Å². The summed E-state index contributed by atoms with van der Waals surface area (Å²) >= 11 is 9.35. The van der Waals surface area contributed by atoms with Crippen LogP contribution < -0.4 is 4.90 Å². The van der Waals surface area contributed by atoms with Gasteiger partial charge in [0, 0.05) is 17.8 Å². The van der Waals surface area contributed by atoms with Crippen LogP contribution in [-0.2, 0) is 6.18 Å². The van der Waals surface area contributed by atoms with Crippen molar-refractivity contribution < 1.29 is 17.6 Å². The highest BCUT2D eigenvalue weighted by Crippen LogP contribution is 2.41. The molecule has 0 atom stereocenters. The maximum atomic E-state index is 13.3. The van der Waals surface area contributed by atoms with Crippen molar-refractivity contribution in [2.45, 2.75) is 6.18 Å². The summed E-state index contributed by atoms with van der Waals surface area (Å²) in [6, 6.07) is 3.71. The van der Waals surface area contributed by atoms with Gasteiger partial charge in [-0.25, -0.2) is 9.37 Å². The highest BCUT2D eigenvalue weighted by Gasteiger charge is 2.37. The van der Waals surface area contributed by atoms with Crippen LogP contribution in [0.5, 0.6) is 0 Å². The monoisotopic (exact) mass is 388 g/mol. The Bertz CT molecular complexity index is 624. The fourth-order valence-corrected chi connectivity index (χ4v) is 3.21. The Kier molecular flexibility index (Phi) is 4.27. The standard InChI is InChI=1S/C11H6BrClF4N2S/c1-19(7-3-5(13)2-6(14)4-7)10-18-8(9(12)20-10)11(15,16)17/h2-4H,1H3. The number of thiazole rings is 1. The number of nitrogens with zero attached hydrogens (tertiary/aromatic N) is 2. The number of aromatic nitrogens is 1. The fraction of sp³-hybridized carbons (Fsp3) is 0.182. The van der Waals surface area contributed by atoms with Crippen LogP contribution in [0, 0.1) is 5.82 Å². The second kappa shape index (κ2) is 5.50. The molecule has 0 amide bonds. The Morgan fingerprint density at radius 2 is 1.95 bits per heavy atom. The number of halogens is 6. The van der Waals surface area contributed by atoms with Crippen LogP contribution in [0.1, 0.15) is 5.69 Å². The molecule has 0 saturated heterocycles. The molecule has 1 aromatic heterocycles. The van der Waals surface area contributed by atoms with Crippen molar-refractivity contribution in [3.05, 3.63) is 38.5 Å². The maximum absolute atomic E-state index is 13.3. The Labute approximate surface area is 129 Å². The van der Waals surface area contributed by atoms with Gasteiger partial charge >= 0.3 is 6.18 Å². The fourth-order valence-electron chi connectivity index (χ4n) is 1.45. The van der Waals surface area contributed by atoms with E-state index in [-0.39, 0.29) is 13.9 Å². The zero-order valence-corrected chi connectivity index (χ0v) is 13.0. The third-order valence-corrected chi connectivity index (χ3v) is 4.36. The first-order valence-corrected chi connectivity index (χ1v) is 7.10. The zero-order valence-electron chi connectivity index (χ0n) is 9.80. The molecule has 1 aromatic carbocycles. The van der Waals surface area contributed by atoms with Crippen LogP contribution in [0.4, 0.5) is 28.4 Å². The van der Waals surface area contributed by atoms with Gasteiger partial charge in [0.15, 0.2) is 10.8 Å². The molecule has 9 heteroatoms. The number of alkyl halides is 3. The summed E-state index contributed by atoms with van der Waals surface area (Å²) in [6.45, 7) is 0. The van der Waals surface area contributed by atoms with Gasteiger partial charge in [-0.1, -0.05) is 22.9 Å². The maximum Gasteiger partial charge on any atom is 0.435 e. The first-order valence-electron chi connectivity index (χ1n) is 5.12. The van der Waals surface area contributed by atoms with E-state index < -0.39 is 17.7 Å². The SMILES string of the molecule is CN(c1cc(F)cc(Cl)c1)c1nc(C(F)(F)F)c(Br)s1. The minimum Gasteiger partial charge on any atom is -0.321 e. The summed E-state index contributed by atoms with van der Waals surface area (Å²) in [5.41, 5.74) is -0.697. The van der Waals surface area contributed by atoms with E-state index in [1.165, 1.54) is 18.0 Å². The molecule has 0 fully saturated rings. The van der Waals surface area contributed by atoms with E-state index in [0.29, 0.717) is 5.69 Å². The van der Waals surface area contributed by atoms with Gasteiger partial charge in [0.25, 0.3) is 0 Å². The van der Waals surface area contributed by atoms with Gasteiger partial charge in [0.2, 0.25) is 0 Å². The molecule has 108 valence electrons. The molecule has 0 saturated carbocycles. The lowest BCUT2D eigenvalue weighted by Crippen LogP contribution is -2.11. The molecule has 0 radical (unpaired) electrons. The van der Waals surface area contributed by atoms with Crippen molar-refractivity contribution in [1.29, 1.82) is 0 Å². The molecule has 1 heterocycles. The van der Waals surface area contributed by atoms with Crippen LogP contribution in [0.2, 0.25) is 5.02 Å². The number of hydrogen-bond donors (Lipinski definition) is 0. The molecule has 0 N–H and O–H groups in total. The van der Waals surface area contributed by atoms with Crippen LogP contribution in [0.15, 0.2) is 22.0 Å². The van der Waals surface area contributed by atoms with Crippen molar-refractivity contribution in [3.63, 3.8) is 0 Å². The quantitative estimate of drug-likeness (QED) is 0.632. The molecule has 2 nitrogen and oxygen atoms in total. The summed E-state index contributed by atoms with van der Waals surface area (Å²) in [5.74, 6) is -0.578. The van der Waals surface area contributed by atoms with Crippen molar-refractivity contribution in [2.24, 2.45) is 0 Å². The molecule has 0 bridgehead atoms. The van der Waals surface area contributed by atoms with Crippen LogP contribution in [0.25, 0.3) is 0 Å². The summed E-state index contributed by atoms with van der Waals surface area (Å²) in [7, 11) is 1.48. The van der Waals surface area contributed by atoms with Crippen molar-refractivity contribution >= 4 is 49.7 Å². The predicted molar refractivity (Wildman–Crippen MR) is 74.3 cm³/mol. The third kappa shape index (κ3) is 3.24. The Morgan fingerprint density at radius 1 is 1.30 bits per heavy atom. The van der Waals surface area contributed by atoms with Crippen molar-refractivity contribution in [1.82, 2.24) is 4.98 Å². The zero-order chi connectivity index (χ0) is 15.1. The molecular formula is C11H6BrClF4N2S. The van der Waals surface area contributed by atoms with E-state index in [0.717, 1.165) is 23.5 Å². The van der Waals surface area contributed by atoms with E-state index in [1.807, 2.05) is 0 Å². The number of anilines is 2. The van der Waals surface area contributed by atoms with Gasteiger partial charge in [-0.2, -0.15) is 13.2 Å². The summed E-state index contributed by atoms with van der Waals surface area (Å²) in [4.78, 5) is 4.86. The Balaban J connectivity index is 2.41. The minimum absolute atomic E-state index is 0.0749. The number of benzene rings is 1. The minimum atomic E-state index is -4.55.